The molecule has 1 amide bonds. The van der Waals surface area contributed by atoms with Crippen LogP contribution in [0, 0.1) is 0 Å². The van der Waals surface area contributed by atoms with Crippen LogP contribution in [0.15, 0.2) is 28.7 Å². The lowest BCUT2D eigenvalue weighted by Crippen LogP contribution is -2.38. The van der Waals surface area contributed by atoms with E-state index in [9.17, 15) is 4.79 Å². The molecule has 1 aliphatic rings. The van der Waals surface area contributed by atoms with Gasteiger partial charge in [0, 0.05) is 29.2 Å². The summed E-state index contributed by atoms with van der Waals surface area (Å²) in [5, 5.41) is 0. The summed E-state index contributed by atoms with van der Waals surface area (Å²) in [5.41, 5.74) is 0.781. The van der Waals surface area contributed by atoms with E-state index in [1.807, 2.05) is 29.2 Å². The molecule has 4 heteroatoms. The summed E-state index contributed by atoms with van der Waals surface area (Å²) in [5.74, 6) is 0.155. The van der Waals surface area contributed by atoms with Gasteiger partial charge in [0.2, 0.25) is 0 Å². The molecule has 2 rings (SSSR count). The van der Waals surface area contributed by atoms with Gasteiger partial charge in [0.15, 0.2) is 0 Å². The fourth-order valence-corrected chi connectivity index (χ4v) is 3.00. The van der Waals surface area contributed by atoms with E-state index < -0.39 is 0 Å². The number of amides is 1. The maximum atomic E-state index is 12.4. The lowest BCUT2D eigenvalue weighted by atomic mass is 10.2. The summed E-state index contributed by atoms with van der Waals surface area (Å²) in [7, 11) is 0. The molecule has 3 nitrogen and oxygen atoms in total. The molecule has 1 saturated heterocycles. The topological polar surface area (TPSA) is 23.6 Å². The first-order valence-corrected chi connectivity index (χ1v) is 7.73. The second-order valence-electron chi connectivity index (χ2n) is 4.92. The van der Waals surface area contributed by atoms with Gasteiger partial charge in [-0.2, -0.15) is 0 Å². The van der Waals surface area contributed by atoms with Crippen molar-refractivity contribution in [1.82, 2.24) is 9.80 Å². The predicted molar refractivity (Wildman–Crippen MR) is 81.4 cm³/mol. The number of carbonyl (C=O) groups excluding carboxylic acids is 1. The summed E-state index contributed by atoms with van der Waals surface area (Å²) in [6.45, 7) is 8.21. The molecular formula is C15H21BrN2O. The van der Waals surface area contributed by atoms with Crippen LogP contribution in [0.25, 0.3) is 0 Å². The lowest BCUT2D eigenvalue weighted by molar-refractivity contribution is 0.0778. The predicted octanol–water partition coefficient (Wildman–Crippen LogP) is 3.01. The molecular weight excluding hydrogens is 304 g/mol. The van der Waals surface area contributed by atoms with Gasteiger partial charge in [-0.15, -0.1) is 0 Å². The highest BCUT2D eigenvalue weighted by Crippen LogP contribution is 2.19. The number of nitrogens with zero attached hydrogens (tertiary/aromatic N) is 2. The van der Waals surface area contributed by atoms with E-state index in [1.165, 1.54) is 0 Å². The number of carbonyl (C=O) groups is 1. The molecule has 1 aliphatic heterocycles. The molecule has 1 aromatic rings. The minimum atomic E-state index is 0.155. The fourth-order valence-electron chi connectivity index (χ4n) is 2.74. The van der Waals surface area contributed by atoms with Crippen molar-refractivity contribution >= 4 is 21.8 Å². The third-order valence-electron chi connectivity index (χ3n) is 3.87. The molecule has 104 valence electrons. The van der Waals surface area contributed by atoms with Crippen LogP contribution >= 0.6 is 15.9 Å². The average Bonchev–Trinajstić information content (AvgIpc) is 2.90. The first kappa shape index (κ1) is 14.5. The highest BCUT2D eigenvalue weighted by Gasteiger charge is 2.29. The van der Waals surface area contributed by atoms with E-state index in [0.717, 1.165) is 42.6 Å². The SMILES string of the molecule is CCN(CC)C1CCN(C(=O)c2ccc(Br)cc2)C1. The minimum absolute atomic E-state index is 0.155. The molecule has 1 fully saturated rings. The molecule has 1 heterocycles. The second-order valence-corrected chi connectivity index (χ2v) is 5.84. The number of likely N-dealkylation sites (tertiary alicyclic amines) is 1. The number of halogens is 1. The van der Waals surface area contributed by atoms with E-state index in [2.05, 4.69) is 34.7 Å². The van der Waals surface area contributed by atoms with E-state index in [1.54, 1.807) is 0 Å². The summed E-state index contributed by atoms with van der Waals surface area (Å²) < 4.78 is 1.01. The normalized spacial score (nSPS) is 19.2. The molecule has 1 unspecified atom stereocenters. The lowest BCUT2D eigenvalue weighted by Gasteiger charge is -2.26. The van der Waals surface area contributed by atoms with Gasteiger partial charge < -0.3 is 4.90 Å². The van der Waals surface area contributed by atoms with E-state index in [-0.39, 0.29) is 5.91 Å². The number of benzene rings is 1. The Kier molecular flexibility index (Phi) is 4.99. The van der Waals surface area contributed by atoms with Crippen molar-refractivity contribution in [2.24, 2.45) is 0 Å². The zero-order valence-corrected chi connectivity index (χ0v) is 13.2. The van der Waals surface area contributed by atoms with Crippen molar-refractivity contribution in [3.8, 4) is 0 Å². The van der Waals surface area contributed by atoms with Crippen LogP contribution in [0.1, 0.15) is 30.6 Å². The quantitative estimate of drug-likeness (QED) is 0.850. The Morgan fingerprint density at radius 3 is 2.53 bits per heavy atom. The molecule has 0 bridgehead atoms. The van der Waals surface area contributed by atoms with Crippen LogP contribution in [0.2, 0.25) is 0 Å². The summed E-state index contributed by atoms with van der Waals surface area (Å²) in [6.07, 6.45) is 1.09. The van der Waals surface area contributed by atoms with Crippen molar-refractivity contribution in [2.75, 3.05) is 26.2 Å². The first-order chi connectivity index (χ1) is 9.15. The van der Waals surface area contributed by atoms with Crippen LogP contribution in [-0.4, -0.2) is 47.9 Å². The Labute approximate surface area is 123 Å². The van der Waals surface area contributed by atoms with Crippen LogP contribution in [-0.2, 0) is 0 Å². The standard InChI is InChI=1S/C15H21BrN2O/c1-3-17(4-2)14-9-10-18(11-14)15(19)12-5-7-13(16)8-6-12/h5-8,14H,3-4,9-11H2,1-2H3. The van der Waals surface area contributed by atoms with Crippen molar-refractivity contribution in [3.05, 3.63) is 34.3 Å². The van der Waals surface area contributed by atoms with Crippen LogP contribution < -0.4 is 0 Å². The minimum Gasteiger partial charge on any atom is -0.337 e. The maximum Gasteiger partial charge on any atom is 0.253 e. The summed E-state index contributed by atoms with van der Waals surface area (Å²) in [6, 6.07) is 8.14. The highest BCUT2D eigenvalue weighted by molar-refractivity contribution is 9.10. The Bertz CT molecular complexity index is 428. The Hall–Kier alpha value is -0.870. The zero-order chi connectivity index (χ0) is 13.8. The number of likely N-dealkylation sites (N-methyl/N-ethyl adjacent to an activating group) is 1. The molecule has 0 radical (unpaired) electrons. The molecule has 0 aliphatic carbocycles. The van der Waals surface area contributed by atoms with Gasteiger partial charge in [0.1, 0.15) is 0 Å². The number of rotatable bonds is 4. The molecule has 0 spiro atoms. The summed E-state index contributed by atoms with van der Waals surface area (Å²) in [4.78, 5) is 16.8. The van der Waals surface area contributed by atoms with Gasteiger partial charge in [0.05, 0.1) is 0 Å². The highest BCUT2D eigenvalue weighted by atomic mass is 79.9. The summed E-state index contributed by atoms with van der Waals surface area (Å²) >= 11 is 3.39. The average molecular weight is 325 g/mol. The second kappa shape index (κ2) is 6.53. The number of hydrogen-bond acceptors (Lipinski definition) is 2. The van der Waals surface area contributed by atoms with Gasteiger partial charge in [-0.3, -0.25) is 9.69 Å². The monoisotopic (exact) mass is 324 g/mol. The van der Waals surface area contributed by atoms with Gasteiger partial charge in [-0.25, -0.2) is 0 Å². The fraction of sp³-hybridized carbons (Fsp3) is 0.533. The van der Waals surface area contributed by atoms with Crippen molar-refractivity contribution < 1.29 is 4.79 Å². The Morgan fingerprint density at radius 1 is 1.32 bits per heavy atom. The van der Waals surface area contributed by atoms with Crippen molar-refractivity contribution in [2.45, 2.75) is 26.3 Å². The van der Waals surface area contributed by atoms with Crippen LogP contribution in [0.5, 0.6) is 0 Å². The molecule has 1 atom stereocenters. The number of hydrogen-bond donors (Lipinski definition) is 0. The van der Waals surface area contributed by atoms with Gasteiger partial charge in [-0.05, 0) is 43.8 Å². The Balaban J connectivity index is 2.00. The largest absolute Gasteiger partial charge is 0.337 e. The maximum absolute atomic E-state index is 12.4. The van der Waals surface area contributed by atoms with Crippen molar-refractivity contribution in [3.63, 3.8) is 0 Å². The van der Waals surface area contributed by atoms with Gasteiger partial charge in [-0.1, -0.05) is 29.8 Å². The van der Waals surface area contributed by atoms with Gasteiger partial charge in [0.25, 0.3) is 5.91 Å². The van der Waals surface area contributed by atoms with E-state index in [0.29, 0.717) is 6.04 Å². The third-order valence-corrected chi connectivity index (χ3v) is 4.40. The first-order valence-electron chi connectivity index (χ1n) is 6.94. The molecule has 1 aromatic carbocycles. The molecule has 0 N–H and O–H groups in total. The zero-order valence-electron chi connectivity index (χ0n) is 11.6. The molecule has 19 heavy (non-hydrogen) atoms. The van der Waals surface area contributed by atoms with E-state index >= 15 is 0 Å². The molecule has 0 aromatic heterocycles. The smallest absolute Gasteiger partial charge is 0.253 e. The Morgan fingerprint density at radius 2 is 1.95 bits per heavy atom. The third kappa shape index (κ3) is 3.37. The molecule has 0 saturated carbocycles. The van der Waals surface area contributed by atoms with Gasteiger partial charge >= 0.3 is 0 Å². The van der Waals surface area contributed by atoms with Crippen LogP contribution in [0.3, 0.4) is 0 Å². The van der Waals surface area contributed by atoms with E-state index in [4.69, 9.17) is 0 Å². The van der Waals surface area contributed by atoms with Crippen molar-refractivity contribution in [1.29, 1.82) is 0 Å². The van der Waals surface area contributed by atoms with Crippen LogP contribution in [0.4, 0.5) is 0 Å².